The van der Waals surface area contributed by atoms with Gasteiger partial charge in [0.15, 0.2) is 0 Å². The number of ether oxygens (including phenoxy) is 2. The van der Waals surface area contributed by atoms with Gasteiger partial charge in [-0.1, -0.05) is 6.07 Å². The summed E-state index contributed by atoms with van der Waals surface area (Å²) in [7, 11) is 2.99. The van der Waals surface area contributed by atoms with Gasteiger partial charge in [-0.25, -0.2) is 4.99 Å². The highest BCUT2D eigenvalue weighted by atomic mass is 32.1. The fraction of sp³-hybridized carbons (Fsp3) is 0.333. The van der Waals surface area contributed by atoms with Crippen LogP contribution in [0, 0.1) is 0 Å². The van der Waals surface area contributed by atoms with Crippen LogP contribution in [0.2, 0.25) is 0 Å². The van der Waals surface area contributed by atoms with Crippen molar-refractivity contribution in [3.63, 3.8) is 0 Å². The third kappa shape index (κ3) is 5.33. The van der Waals surface area contributed by atoms with Crippen LogP contribution in [0.1, 0.15) is 23.6 Å². The first-order chi connectivity index (χ1) is 18.7. The largest absolute Gasteiger partial charge is 0.497 e. The van der Waals surface area contributed by atoms with E-state index in [1.807, 2.05) is 34.5 Å². The van der Waals surface area contributed by atoms with Crippen molar-refractivity contribution in [1.29, 1.82) is 0 Å². The van der Waals surface area contributed by atoms with E-state index >= 15 is 0 Å². The Kier molecular flexibility index (Phi) is 7.30. The molecule has 1 saturated heterocycles. The molecule has 0 saturated carbocycles. The SMILES string of the molecule is COc1cccc(N2CCN(C3=Nc4cscc4C(CC(=O)O)N3c3cc(C(F)(F)F)ccc3OC)CC2)c1. The number of anilines is 2. The number of carbonyl (C=O) groups is 1. The Morgan fingerprint density at radius 3 is 2.46 bits per heavy atom. The van der Waals surface area contributed by atoms with E-state index in [2.05, 4.69) is 4.90 Å². The molecule has 39 heavy (non-hydrogen) atoms. The van der Waals surface area contributed by atoms with Crippen LogP contribution in [0.15, 0.2) is 58.2 Å². The minimum Gasteiger partial charge on any atom is -0.497 e. The topological polar surface area (TPSA) is 77.8 Å². The van der Waals surface area contributed by atoms with E-state index in [0.717, 1.165) is 23.6 Å². The number of alkyl halides is 3. The number of nitrogens with zero attached hydrogens (tertiary/aromatic N) is 4. The standard InChI is InChI=1S/C27H27F3N4O4S/c1-37-19-5-3-4-18(13-19)32-8-10-33(11-9-32)26-31-21-16-39-15-20(21)22(14-25(35)36)34(26)23-12-17(27(28,29)30)6-7-24(23)38-2/h3-7,12-13,15-16,22H,8-11,14H2,1-2H3,(H,35,36). The monoisotopic (exact) mass is 560 g/mol. The van der Waals surface area contributed by atoms with Gasteiger partial charge < -0.3 is 29.3 Å². The van der Waals surface area contributed by atoms with E-state index in [9.17, 15) is 23.1 Å². The maximum absolute atomic E-state index is 13.8. The Morgan fingerprint density at radius 2 is 1.79 bits per heavy atom. The molecule has 1 atom stereocenters. The van der Waals surface area contributed by atoms with Crippen molar-refractivity contribution >= 4 is 40.3 Å². The molecule has 0 radical (unpaired) electrons. The van der Waals surface area contributed by atoms with E-state index in [1.165, 1.54) is 24.5 Å². The highest BCUT2D eigenvalue weighted by Crippen LogP contribution is 2.46. The molecule has 1 fully saturated rings. The molecule has 3 heterocycles. The second kappa shape index (κ2) is 10.7. The second-order valence-corrected chi connectivity index (χ2v) is 9.91. The molecule has 3 aromatic rings. The van der Waals surface area contributed by atoms with Crippen LogP contribution >= 0.6 is 11.3 Å². The molecule has 2 aromatic carbocycles. The lowest BCUT2D eigenvalue weighted by atomic mass is 10.00. The van der Waals surface area contributed by atoms with Crippen LogP contribution in [0.3, 0.4) is 0 Å². The summed E-state index contributed by atoms with van der Waals surface area (Å²) >= 11 is 1.37. The first-order valence-electron chi connectivity index (χ1n) is 12.2. The number of benzene rings is 2. The van der Waals surface area contributed by atoms with E-state index < -0.39 is 23.8 Å². The Bertz CT molecular complexity index is 1390. The predicted molar refractivity (Wildman–Crippen MR) is 144 cm³/mol. The van der Waals surface area contributed by atoms with Crippen molar-refractivity contribution in [3.8, 4) is 11.5 Å². The smallest absolute Gasteiger partial charge is 0.416 e. The molecule has 5 rings (SSSR count). The van der Waals surface area contributed by atoms with Crippen LogP contribution in [-0.2, 0) is 11.0 Å². The average Bonchev–Trinajstić information content (AvgIpc) is 3.41. The molecule has 12 heteroatoms. The molecular weight excluding hydrogens is 533 g/mol. The molecule has 0 aliphatic carbocycles. The van der Waals surface area contributed by atoms with E-state index in [1.54, 1.807) is 17.4 Å². The molecule has 0 amide bonds. The number of hydrogen-bond acceptors (Lipinski definition) is 8. The summed E-state index contributed by atoms with van der Waals surface area (Å²) in [5.41, 5.74) is 1.54. The zero-order chi connectivity index (χ0) is 27.7. The minimum absolute atomic E-state index is 0.115. The number of thiophene rings is 1. The molecule has 0 spiro atoms. The minimum atomic E-state index is -4.59. The van der Waals surface area contributed by atoms with Gasteiger partial charge in [-0.15, -0.1) is 11.3 Å². The van der Waals surface area contributed by atoms with Gasteiger partial charge in [-0.05, 0) is 35.7 Å². The number of aliphatic imine (C=N–C) groups is 1. The summed E-state index contributed by atoms with van der Waals surface area (Å²) < 4.78 is 52.1. The molecule has 1 N–H and O–H groups in total. The third-order valence-electron chi connectivity index (χ3n) is 6.89. The lowest BCUT2D eigenvalue weighted by Crippen LogP contribution is -2.55. The Balaban J connectivity index is 1.55. The lowest BCUT2D eigenvalue weighted by molar-refractivity contribution is -0.138. The summed E-state index contributed by atoms with van der Waals surface area (Å²) in [4.78, 5) is 22.6. The molecule has 0 bridgehead atoms. The number of piperazine rings is 1. The van der Waals surface area contributed by atoms with Crippen LogP contribution in [0.5, 0.6) is 11.5 Å². The van der Waals surface area contributed by atoms with Gasteiger partial charge in [0, 0.05) is 48.9 Å². The zero-order valence-corrected chi connectivity index (χ0v) is 22.1. The Labute approximate surface area is 227 Å². The fourth-order valence-electron chi connectivity index (χ4n) is 4.97. The molecule has 8 nitrogen and oxygen atoms in total. The maximum Gasteiger partial charge on any atom is 0.416 e. The molecule has 2 aliphatic heterocycles. The van der Waals surface area contributed by atoms with Gasteiger partial charge in [0.05, 0.1) is 43.6 Å². The van der Waals surface area contributed by atoms with Crippen molar-refractivity contribution in [2.45, 2.75) is 18.6 Å². The molecular formula is C27H27F3N4O4S. The van der Waals surface area contributed by atoms with Crippen molar-refractivity contribution in [1.82, 2.24) is 4.90 Å². The summed E-state index contributed by atoms with van der Waals surface area (Å²) in [6.07, 6.45) is -4.92. The quantitative estimate of drug-likeness (QED) is 0.419. The first kappa shape index (κ1) is 26.7. The number of carboxylic acid groups (broad SMARTS) is 1. The van der Waals surface area contributed by atoms with Crippen molar-refractivity contribution in [2.24, 2.45) is 4.99 Å². The normalized spacial score (nSPS) is 17.5. The number of methoxy groups -OCH3 is 2. The van der Waals surface area contributed by atoms with E-state index in [4.69, 9.17) is 14.5 Å². The fourth-order valence-corrected chi connectivity index (χ4v) is 5.78. The van der Waals surface area contributed by atoms with Crippen molar-refractivity contribution < 1.29 is 32.5 Å². The van der Waals surface area contributed by atoms with Crippen molar-refractivity contribution in [2.75, 3.05) is 50.2 Å². The van der Waals surface area contributed by atoms with Gasteiger partial charge in [0.25, 0.3) is 0 Å². The predicted octanol–water partition coefficient (Wildman–Crippen LogP) is 5.63. The molecule has 2 aliphatic rings. The third-order valence-corrected chi connectivity index (χ3v) is 7.64. The van der Waals surface area contributed by atoms with Gasteiger partial charge >= 0.3 is 12.1 Å². The van der Waals surface area contributed by atoms with Gasteiger partial charge in [0.2, 0.25) is 5.96 Å². The maximum atomic E-state index is 13.8. The van der Waals surface area contributed by atoms with Gasteiger partial charge in [0.1, 0.15) is 11.5 Å². The lowest BCUT2D eigenvalue weighted by Gasteiger charge is -2.45. The van der Waals surface area contributed by atoms with Crippen LogP contribution in [0.25, 0.3) is 0 Å². The summed E-state index contributed by atoms with van der Waals surface area (Å²) in [5, 5.41) is 13.4. The molecule has 1 aromatic heterocycles. The average molecular weight is 561 g/mol. The van der Waals surface area contributed by atoms with Gasteiger partial charge in [-0.2, -0.15) is 13.2 Å². The number of carboxylic acids is 1. The van der Waals surface area contributed by atoms with Crippen LogP contribution in [0.4, 0.5) is 30.2 Å². The first-order valence-corrected chi connectivity index (χ1v) is 13.2. The van der Waals surface area contributed by atoms with Crippen LogP contribution < -0.4 is 19.3 Å². The summed E-state index contributed by atoms with van der Waals surface area (Å²) in [6.45, 7) is 2.29. The van der Waals surface area contributed by atoms with Crippen LogP contribution in [-0.4, -0.2) is 62.3 Å². The summed E-state index contributed by atoms with van der Waals surface area (Å²) in [5.74, 6) is 0.267. The number of guanidine groups is 1. The molecule has 1 unspecified atom stereocenters. The van der Waals surface area contributed by atoms with E-state index in [-0.39, 0.29) is 17.9 Å². The number of hydrogen-bond donors (Lipinski definition) is 1. The number of halogens is 3. The highest BCUT2D eigenvalue weighted by molar-refractivity contribution is 7.08. The zero-order valence-electron chi connectivity index (χ0n) is 21.3. The second-order valence-electron chi connectivity index (χ2n) is 9.17. The Morgan fingerprint density at radius 1 is 1.05 bits per heavy atom. The Hall–Kier alpha value is -3.93. The van der Waals surface area contributed by atoms with E-state index in [0.29, 0.717) is 43.4 Å². The number of aliphatic carboxylic acids is 1. The number of fused-ring (bicyclic) bond motifs is 1. The van der Waals surface area contributed by atoms with Gasteiger partial charge in [-0.3, -0.25) is 4.79 Å². The van der Waals surface area contributed by atoms with Crippen molar-refractivity contribution in [3.05, 3.63) is 64.4 Å². The highest BCUT2D eigenvalue weighted by Gasteiger charge is 2.40. The number of rotatable bonds is 6. The summed E-state index contributed by atoms with van der Waals surface area (Å²) in [6, 6.07) is 10.2. The molecule has 206 valence electrons.